The molecule has 2 aromatic heterocycles. The van der Waals surface area contributed by atoms with E-state index in [0.717, 1.165) is 0 Å². The van der Waals surface area contributed by atoms with E-state index in [1.165, 1.54) is 23.0 Å². The lowest BCUT2D eigenvalue weighted by Crippen LogP contribution is -2.50. The number of nitrogens with zero attached hydrogens (tertiary/aromatic N) is 3. The number of aromatic amines is 1. The van der Waals surface area contributed by atoms with Crippen LogP contribution in [-0.2, 0) is 14.8 Å². The van der Waals surface area contributed by atoms with Gasteiger partial charge in [0.25, 0.3) is 0 Å². The summed E-state index contributed by atoms with van der Waals surface area (Å²) >= 11 is 0. The fourth-order valence-corrected chi connectivity index (χ4v) is 4.08. The van der Waals surface area contributed by atoms with Crippen LogP contribution < -0.4 is 0 Å². The zero-order chi connectivity index (χ0) is 14.4. The summed E-state index contributed by atoms with van der Waals surface area (Å²) in [6.45, 7) is 4.84. The number of fused-ring (bicyclic) bond motifs is 1. The lowest BCUT2D eigenvalue weighted by molar-refractivity contribution is -0.0640. The molecule has 0 aliphatic carbocycles. The van der Waals surface area contributed by atoms with E-state index in [4.69, 9.17) is 4.74 Å². The van der Waals surface area contributed by atoms with Crippen molar-refractivity contribution < 1.29 is 13.2 Å². The summed E-state index contributed by atoms with van der Waals surface area (Å²) in [5, 5.41) is 0.511. The van der Waals surface area contributed by atoms with Crippen molar-refractivity contribution in [2.24, 2.45) is 0 Å². The van der Waals surface area contributed by atoms with Gasteiger partial charge in [-0.25, -0.2) is 18.4 Å². The second kappa shape index (κ2) is 4.51. The van der Waals surface area contributed by atoms with Crippen molar-refractivity contribution in [3.05, 3.63) is 18.7 Å². The van der Waals surface area contributed by atoms with E-state index in [1.807, 2.05) is 13.8 Å². The standard InChI is InChI=1S/C12H16N4O3S/c1-12(2)7-16(3-4-19-12)20(17,18)10-6-14-11-9(10)5-13-8-15-11/h5-6,8H,3-4,7H2,1-2H3,(H,13,14,15). The molecular formula is C12H16N4O3S. The van der Waals surface area contributed by atoms with Crippen LogP contribution in [0.1, 0.15) is 13.8 Å². The van der Waals surface area contributed by atoms with Gasteiger partial charge in [-0.05, 0) is 13.8 Å². The fourth-order valence-electron chi connectivity index (χ4n) is 2.37. The minimum Gasteiger partial charge on any atom is -0.373 e. The molecule has 0 bridgehead atoms. The van der Waals surface area contributed by atoms with Crippen molar-refractivity contribution in [3.63, 3.8) is 0 Å². The molecule has 1 saturated heterocycles. The number of morpholine rings is 1. The topological polar surface area (TPSA) is 88.2 Å². The summed E-state index contributed by atoms with van der Waals surface area (Å²) in [7, 11) is -3.57. The molecule has 0 radical (unpaired) electrons. The highest BCUT2D eigenvalue weighted by Crippen LogP contribution is 2.27. The zero-order valence-electron chi connectivity index (χ0n) is 11.3. The minimum atomic E-state index is -3.57. The molecule has 1 aliphatic heterocycles. The third-order valence-electron chi connectivity index (χ3n) is 3.33. The summed E-state index contributed by atoms with van der Waals surface area (Å²) in [6, 6.07) is 0. The number of H-pyrrole nitrogens is 1. The van der Waals surface area contributed by atoms with Crippen molar-refractivity contribution in [2.45, 2.75) is 24.3 Å². The van der Waals surface area contributed by atoms with Gasteiger partial charge in [-0.15, -0.1) is 0 Å². The van der Waals surface area contributed by atoms with Gasteiger partial charge in [-0.1, -0.05) is 0 Å². The zero-order valence-corrected chi connectivity index (χ0v) is 12.1. The number of aromatic nitrogens is 3. The molecule has 1 N–H and O–H groups in total. The Balaban J connectivity index is 2.04. The van der Waals surface area contributed by atoms with Gasteiger partial charge in [0.15, 0.2) is 0 Å². The molecule has 108 valence electrons. The molecule has 0 unspecified atom stereocenters. The highest BCUT2D eigenvalue weighted by Gasteiger charge is 2.36. The molecule has 0 amide bonds. The number of sulfonamides is 1. The SMILES string of the molecule is CC1(C)CN(S(=O)(=O)c2c[nH]c3ncncc23)CCO1. The van der Waals surface area contributed by atoms with E-state index < -0.39 is 15.6 Å². The van der Waals surface area contributed by atoms with E-state index in [-0.39, 0.29) is 4.90 Å². The Labute approximate surface area is 117 Å². The molecule has 8 heteroatoms. The summed E-state index contributed by atoms with van der Waals surface area (Å²) in [6.07, 6.45) is 4.36. The van der Waals surface area contributed by atoms with E-state index in [0.29, 0.717) is 30.7 Å². The van der Waals surface area contributed by atoms with Gasteiger partial charge in [0.05, 0.1) is 17.6 Å². The molecule has 3 rings (SSSR count). The molecule has 0 saturated carbocycles. The van der Waals surface area contributed by atoms with Gasteiger partial charge >= 0.3 is 0 Å². The maximum Gasteiger partial charge on any atom is 0.245 e. The average molecular weight is 296 g/mol. The van der Waals surface area contributed by atoms with Crippen molar-refractivity contribution in [1.29, 1.82) is 0 Å². The van der Waals surface area contributed by atoms with Crippen LogP contribution in [0.4, 0.5) is 0 Å². The highest BCUT2D eigenvalue weighted by atomic mass is 32.2. The van der Waals surface area contributed by atoms with Crippen LogP contribution in [0, 0.1) is 0 Å². The van der Waals surface area contributed by atoms with E-state index in [9.17, 15) is 8.42 Å². The van der Waals surface area contributed by atoms with Crippen molar-refractivity contribution in [2.75, 3.05) is 19.7 Å². The molecule has 0 atom stereocenters. The smallest absolute Gasteiger partial charge is 0.245 e. The predicted octanol–water partition coefficient (Wildman–Crippen LogP) is 0.757. The molecule has 0 spiro atoms. The predicted molar refractivity (Wildman–Crippen MR) is 72.7 cm³/mol. The fraction of sp³-hybridized carbons (Fsp3) is 0.500. The Bertz CT molecular complexity index is 738. The largest absolute Gasteiger partial charge is 0.373 e. The van der Waals surface area contributed by atoms with Gasteiger partial charge < -0.3 is 9.72 Å². The van der Waals surface area contributed by atoms with Gasteiger partial charge in [-0.2, -0.15) is 4.31 Å². The maximum atomic E-state index is 12.7. The molecule has 2 aromatic rings. The first-order valence-electron chi connectivity index (χ1n) is 6.31. The Morgan fingerprint density at radius 3 is 3.00 bits per heavy atom. The first-order chi connectivity index (χ1) is 9.40. The first-order valence-corrected chi connectivity index (χ1v) is 7.75. The highest BCUT2D eigenvalue weighted by molar-refractivity contribution is 7.89. The first kappa shape index (κ1) is 13.5. The summed E-state index contributed by atoms with van der Waals surface area (Å²) in [5.41, 5.74) is 0.0413. The maximum absolute atomic E-state index is 12.7. The van der Waals surface area contributed by atoms with Gasteiger partial charge in [0.2, 0.25) is 10.0 Å². The quantitative estimate of drug-likeness (QED) is 0.883. The second-order valence-corrected chi connectivity index (χ2v) is 7.29. The van der Waals surface area contributed by atoms with Crippen molar-refractivity contribution >= 4 is 21.1 Å². The molecule has 1 aliphatic rings. The number of nitrogens with one attached hydrogen (secondary N) is 1. The van der Waals surface area contributed by atoms with Crippen molar-refractivity contribution in [1.82, 2.24) is 19.3 Å². The van der Waals surface area contributed by atoms with Crippen LogP contribution in [0.5, 0.6) is 0 Å². The van der Waals surface area contributed by atoms with Gasteiger partial charge in [-0.3, -0.25) is 0 Å². The molecule has 0 aromatic carbocycles. The lowest BCUT2D eigenvalue weighted by Gasteiger charge is -2.37. The molecule has 7 nitrogen and oxygen atoms in total. The molecule has 1 fully saturated rings. The van der Waals surface area contributed by atoms with Gasteiger partial charge in [0, 0.05) is 25.5 Å². The normalized spacial score (nSPS) is 20.3. The monoisotopic (exact) mass is 296 g/mol. The summed E-state index contributed by atoms with van der Waals surface area (Å²) in [5.74, 6) is 0. The molecule has 20 heavy (non-hydrogen) atoms. The number of hydrogen-bond donors (Lipinski definition) is 1. The molecular weight excluding hydrogens is 280 g/mol. The Hall–Kier alpha value is -1.51. The van der Waals surface area contributed by atoms with E-state index >= 15 is 0 Å². The van der Waals surface area contributed by atoms with Crippen LogP contribution in [0.2, 0.25) is 0 Å². The van der Waals surface area contributed by atoms with Crippen LogP contribution in [0.15, 0.2) is 23.6 Å². The number of ether oxygens (including phenoxy) is 1. The van der Waals surface area contributed by atoms with Crippen LogP contribution in [-0.4, -0.2) is 53.0 Å². The lowest BCUT2D eigenvalue weighted by atomic mass is 10.1. The van der Waals surface area contributed by atoms with Gasteiger partial charge in [0.1, 0.15) is 16.9 Å². The van der Waals surface area contributed by atoms with Crippen LogP contribution in [0.3, 0.4) is 0 Å². The van der Waals surface area contributed by atoms with Crippen LogP contribution >= 0.6 is 0 Å². The molecule has 3 heterocycles. The summed E-state index contributed by atoms with van der Waals surface area (Å²) < 4.78 is 32.5. The third-order valence-corrected chi connectivity index (χ3v) is 5.21. The second-order valence-electron chi connectivity index (χ2n) is 5.38. The Morgan fingerprint density at radius 1 is 1.45 bits per heavy atom. The van der Waals surface area contributed by atoms with E-state index in [1.54, 1.807) is 0 Å². The average Bonchev–Trinajstić information content (AvgIpc) is 2.82. The Kier molecular flexibility index (Phi) is 3.03. The van der Waals surface area contributed by atoms with E-state index in [2.05, 4.69) is 15.0 Å². The summed E-state index contributed by atoms with van der Waals surface area (Å²) in [4.78, 5) is 11.0. The minimum absolute atomic E-state index is 0.214. The Morgan fingerprint density at radius 2 is 2.25 bits per heavy atom. The van der Waals surface area contributed by atoms with Crippen molar-refractivity contribution in [3.8, 4) is 0 Å². The number of hydrogen-bond acceptors (Lipinski definition) is 5. The van der Waals surface area contributed by atoms with Crippen LogP contribution in [0.25, 0.3) is 11.0 Å². The third kappa shape index (κ3) is 2.19. The number of rotatable bonds is 2.